The number of rotatable bonds is 2. The van der Waals surface area contributed by atoms with E-state index in [1.54, 1.807) is 14.1 Å². The first-order valence-electron chi connectivity index (χ1n) is 4.72. The zero-order chi connectivity index (χ0) is 11.4. The van der Waals surface area contributed by atoms with Crippen molar-refractivity contribution in [1.82, 2.24) is 4.90 Å². The molecule has 1 aromatic carbocycles. The van der Waals surface area contributed by atoms with Gasteiger partial charge in [-0.2, -0.15) is 0 Å². The third-order valence-electron chi connectivity index (χ3n) is 1.98. The molecule has 0 aromatic heterocycles. The minimum Gasteiger partial charge on any atom is -0.409 e. The van der Waals surface area contributed by atoms with E-state index in [9.17, 15) is 4.79 Å². The van der Waals surface area contributed by atoms with Crippen LogP contribution >= 0.6 is 15.9 Å². The first kappa shape index (κ1) is 12.0. The third-order valence-corrected chi connectivity index (χ3v) is 2.61. The lowest BCUT2D eigenvalue weighted by atomic mass is 10.1. The van der Waals surface area contributed by atoms with Crippen LogP contribution in [0.25, 0.3) is 0 Å². The summed E-state index contributed by atoms with van der Waals surface area (Å²) in [5, 5.41) is 0. The van der Waals surface area contributed by atoms with E-state index in [2.05, 4.69) is 15.9 Å². The van der Waals surface area contributed by atoms with E-state index in [0.717, 1.165) is 16.5 Å². The van der Waals surface area contributed by atoms with Gasteiger partial charge in [-0.25, -0.2) is 4.79 Å². The molecule has 0 bridgehead atoms. The molecule has 15 heavy (non-hydrogen) atoms. The molecule has 0 atom stereocenters. The van der Waals surface area contributed by atoms with Crippen molar-refractivity contribution in [3.8, 4) is 5.75 Å². The zero-order valence-corrected chi connectivity index (χ0v) is 10.7. The molecule has 4 heteroatoms. The summed E-state index contributed by atoms with van der Waals surface area (Å²) >= 11 is 3.37. The predicted molar refractivity (Wildman–Crippen MR) is 63.2 cm³/mol. The van der Waals surface area contributed by atoms with Crippen LogP contribution in [0.2, 0.25) is 0 Å². The molecule has 0 N–H and O–H groups in total. The lowest BCUT2D eigenvalue weighted by molar-refractivity contribution is 0.171. The van der Waals surface area contributed by atoms with Gasteiger partial charge in [-0.05, 0) is 34.0 Å². The van der Waals surface area contributed by atoms with Gasteiger partial charge in [-0.3, -0.25) is 0 Å². The fraction of sp³-hybridized carbons (Fsp3) is 0.364. The molecule has 0 aliphatic rings. The molecule has 1 amide bonds. The summed E-state index contributed by atoms with van der Waals surface area (Å²) in [5.41, 5.74) is 1.01. The maximum atomic E-state index is 11.4. The van der Waals surface area contributed by atoms with E-state index in [1.165, 1.54) is 4.90 Å². The number of hydrogen-bond acceptors (Lipinski definition) is 2. The normalized spacial score (nSPS) is 9.87. The molecule has 0 saturated heterocycles. The minimum absolute atomic E-state index is 0.364. The second-order valence-electron chi connectivity index (χ2n) is 3.34. The standard InChI is InChI=1S/C11H14BrNO2/c1-4-8-6-5-7-9(12)10(8)15-11(14)13(2)3/h5-7H,4H2,1-3H3. The Morgan fingerprint density at radius 1 is 1.47 bits per heavy atom. The molecule has 0 spiro atoms. The maximum absolute atomic E-state index is 11.4. The monoisotopic (exact) mass is 271 g/mol. The lowest BCUT2D eigenvalue weighted by Crippen LogP contribution is -2.25. The minimum atomic E-state index is -0.364. The van der Waals surface area contributed by atoms with Crippen molar-refractivity contribution in [3.63, 3.8) is 0 Å². The van der Waals surface area contributed by atoms with Gasteiger partial charge in [0.05, 0.1) is 4.47 Å². The molecule has 0 unspecified atom stereocenters. The molecule has 0 radical (unpaired) electrons. The van der Waals surface area contributed by atoms with Crippen molar-refractivity contribution in [2.45, 2.75) is 13.3 Å². The predicted octanol–water partition coefficient (Wildman–Crippen LogP) is 3.07. The molecule has 1 rings (SSSR count). The highest BCUT2D eigenvalue weighted by Gasteiger charge is 2.12. The fourth-order valence-corrected chi connectivity index (χ4v) is 1.61. The Morgan fingerprint density at radius 3 is 2.67 bits per heavy atom. The summed E-state index contributed by atoms with van der Waals surface area (Å²) in [6.07, 6.45) is 0.465. The molecule has 0 fully saturated rings. The molecular weight excluding hydrogens is 258 g/mol. The Balaban J connectivity index is 2.97. The van der Waals surface area contributed by atoms with Gasteiger partial charge in [0.1, 0.15) is 5.75 Å². The van der Waals surface area contributed by atoms with Crippen LogP contribution in [0.1, 0.15) is 12.5 Å². The fourth-order valence-electron chi connectivity index (χ4n) is 1.12. The summed E-state index contributed by atoms with van der Waals surface area (Å²) in [4.78, 5) is 12.8. The largest absolute Gasteiger partial charge is 0.414 e. The number of carbonyl (C=O) groups is 1. The Bertz CT molecular complexity index is 364. The van der Waals surface area contributed by atoms with Gasteiger partial charge in [0.2, 0.25) is 0 Å². The average Bonchev–Trinajstić information content (AvgIpc) is 2.20. The van der Waals surface area contributed by atoms with Crippen LogP contribution in [-0.4, -0.2) is 25.1 Å². The van der Waals surface area contributed by atoms with Gasteiger partial charge < -0.3 is 9.64 Å². The Kier molecular flexibility index (Phi) is 4.15. The Morgan fingerprint density at radius 2 is 2.13 bits per heavy atom. The molecule has 0 saturated carbocycles. The van der Waals surface area contributed by atoms with E-state index in [4.69, 9.17) is 4.74 Å². The molecule has 0 aliphatic heterocycles. The molecule has 0 aliphatic carbocycles. The number of amides is 1. The van der Waals surface area contributed by atoms with Crippen molar-refractivity contribution in [2.75, 3.05) is 14.1 Å². The molecule has 3 nitrogen and oxygen atoms in total. The highest BCUT2D eigenvalue weighted by Crippen LogP contribution is 2.29. The molecule has 0 heterocycles. The van der Waals surface area contributed by atoms with E-state index in [0.29, 0.717) is 5.75 Å². The zero-order valence-electron chi connectivity index (χ0n) is 9.08. The molecule has 82 valence electrons. The lowest BCUT2D eigenvalue weighted by Gasteiger charge is -2.14. The Labute approximate surface area is 98.2 Å². The van der Waals surface area contributed by atoms with E-state index in [-0.39, 0.29) is 6.09 Å². The van der Waals surface area contributed by atoms with Gasteiger partial charge in [-0.15, -0.1) is 0 Å². The van der Waals surface area contributed by atoms with Crippen LogP contribution in [0, 0.1) is 0 Å². The number of benzene rings is 1. The number of nitrogens with zero attached hydrogens (tertiary/aromatic N) is 1. The summed E-state index contributed by atoms with van der Waals surface area (Å²) in [6, 6.07) is 5.73. The van der Waals surface area contributed by atoms with Crippen molar-refractivity contribution in [3.05, 3.63) is 28.2 Å². The van der Waals surface area contributed by atoms with Crippen molar-refractivity contribution >= 4 is 22.0 Å². The smallest absolute Gasteiger partial charge is 0.409 e. The average molecular weight is 272 g/mol. The van der Waals surface area contributed by atoms with Crippen LogP contribution in [-0.2, 0) is 6.42 Å². The number of halogens is 1. The van der Waals surface area contributed by atoms with E-state index >= 15 is 0 Å². The highest BCUT2D eigenvalue weighted by molar-refractivity contribution is 9.10. The highest BCUT2D eigenvalue weighted by atomic mass is 79.9. The van der Waals surface area contributed by atoms with E-state index < -0.39 is 0 Å². The quantitative estimate of drug-likeness (QED) is 0.828. The van der Waals surface area contributed by atoms with Crippen LogP contribution < -0.4 is 4.74 Å². The Hall–Kier alpha value is -1.03. The van der Waals surface area contributed by atoms with Crippen LogP contribution in [0.4, 0.5) is 4.79 Å². The summed E-state index contributed by atoms with van der Waals surface area (Å²) in [6.45, 7) is 2.02. The van der Waals surface area contributed by atoms with E-state index in [1.807, 2.05) is 25.1 Å². The van der Waals surface area contributed by atoms with Gasteiger partial charge in [-0.1, -0.05) is 19.1 Å². The van der Waals surface area contributed by atoms with Crippen LogP contribution in [0.3, 0.4) is 0 Å². The van der Waals surface area contributed by atoms with Crippen LogP contribution in [0.5, 0.6) is 5.75 Å². The van der Waals surface area contributed by atoms with Crippen LogP contribution in [0.15, 0.2) is 22.7 Å². The topological polar surface area (TPSA) is 29.5 Å². The SMILES string of the molecule is CCc1cccc(Br)c1OC(=O)N(C)C. The second-order valence-corrected chi connectivity index (χ2v) is 4.20. The summed E-state index contributed by atoms with van der Waals surface area (Å²) in [7, 11) is 3.32. The number of para-hydroxylation sites is 1. The number of hydrogen-bond donors (Lipinski definition) is 0. The van der Waals surface area contributed by atoms with Crippen molar-refractivity contribution in [2.24, 2.45) is 0 Å². The summed E-state index contributed by atoms with van der Waals surface area (Å²) < 4.78 is 6.07. The maximum Gasteiger partial charge on any atom is 0.414 e. The third kappa shape index (κ3) is 2.96. The number of carbonyl (C=O) groups excluding carboxylic acids is 1. The second kappa shape index (κ2) is 5.16. The molecular formula is C11H14BrNO2. The van der Waals surface area contributed by atoms with Crippen molar-refractivity contribution in [1.29, 1.82) is 0 Å². The van der Waals surface area contributed by atoms with Gasteiger partial charge in [0.15, 0.2) is 0 Å². The number of ether oxygens (including phenoxy) is 1. The van der Waals surface area contributed by atoms with Gasteiger partial charge in [0, 0.05) is 14.1 Å². The first-order valence-corrected chi connectivity index (χ1v) is 5.52. The summed E-state index contributed by atoms with van der Waals surface area (Å²) in [5.74, 6) is 0.610. The van der Waals surface area contributed by atoms with Gasteiger partial charge in [0.25, 0.3) is 0 Å². The van der Waals surface area contributed by atoms with Crippen molar-refractivity contribution < 1.29 is 9.53 Å². The van der Waals surface area contributed by atoms with Gasteiger partial charge >= 0.3 is 6.09 Å². The number of aryl methyl sites for hydroxylation is 1. The molecule has 1 aromatic rings. The first-order chi connectivity index (χ1) is 7.06.